The minimum Gasteiger partial charge on any atom is -0.350 e. The number of hydrogen-bond acceptors (Lipinski definition) is 5. The normalized spacial score (nSPS) is 16.2. The van der Waals surface area contributed by atoms with Crippen LogP contribution in [-0.4, -0.2) is 62.7 Å². The van der Waals surface area contributed by atoms with E-state index in [-0.39, 0.29) is 13.1 Å². The van der Waals surface area contributed by atoms with Crippen molar-refractivity contribution in [2.24, 2.45) is 0 Å². The van der Waals surface area contributed by atoms with Crippen molar-refractivity contribution in [3.05, 3.63) is 18.2 Å². The van der Waals surface area contributed by atoms with Crippen LogP contribution in [0.5, 0.6) is 0 Å². The van der Waals surface area contributed by atoms with Gasteiger partial charge in [-0.15, -0.1) is 10.2 Å². The minimum atomic E-state index is -4.47. The number of halogens is 3. The molecule has 0 unspecified atom stereocenters. The quantitative estimate of drug-likeness (QED) is 0.824. The van der Waals surface area contributed by atoms with Crippen molar-refractivity contribution in [1.82, 2.24) is 24.5 Å². The molecule has 0 saturated carbocycles. The molecule has 7 nitrogen and oxygen atoms in total. The first-order chi connectivity index (χ1) is 10.8. The van der Waals surface area contributed by atoms with Crippen molar-refractivity contribution in [3.63, 3.8) is 0 Å². The number of hydrogen-bond donors (Lipinski definition) is 0. The number of fused-ring (bicyclic) bond motifs is 1. The lowest BCUT2D eigenvalue weighted by Crippen LogP contribution is -2.49. The zero-order chi connectivity index (χ0) is 16.6. The van der Waals surface area contributed by atoms with E-state index in [2.05, 4.69) is 15.2 Å². The highest BCUT2D eigenvalue weighted by molar-refractivity contribution is 5.77. The molecular weight excluding hydrogens is 313 g/mol. The van der Waals surface area contributed by atoms with Crippen LogP contribution >= 0.6 is 0 Å². The molecule has 10 heteroatoms. The molecule has 3 heterocycles. The van der Waals surface area contributed by atoms with Crippen molar-refractivity contribution in [2.45, 2.75) is 19.5 Å². The molecule has 1 aliphatic rings. The summed E-state index contributed by atoms with van der Waals surface area (Å²) in [4.78, 5) is 19.0. The molecule has 0 spiro atoms. The fourth-order valence-electron chi connectivity index (χ4n) is 2.60. The number of carbonyl (C=O) groups excluding carboxylic acids is 1. The number of carbonyl (C=O) groups is 1. The van der Waals surface area contributed by atoms with Gasteiger partial charge < -0.3 is 9.80 Å². The molecule has 0 aromatic carbocycles. The van der Waals surface area contributed by atoms with Crippen LogP contribution in [0.3, 0.4) is 0 Å². The third-order valence-electron chi connectivity index (χ3n) is 3.76. The Morgan fingerprint density at radius 3 is 2.57 bits per heavy atom. The van der Waals surface area contributed by atoms with Gasteiger partial charge in [0.15, 0.2) is 5.82 Å². The largest absolute Gasteiger partial charge is 0.397 e. The number of amides is 1. The summed E-state index contributed by atoms with van der Waals surface area (Å²) in [7, 11) is 0. The first kappa shape index (κ1) is 15.5. The monoisotopic (exact) mass is 328 g/mol. The van der Waals surface area contributed by atoms with Gasteiger partial charge in [0, 0.05) is 38.6 Å². The summed E-state index contributed by atoms with van der Waals surface area (Å²) in [6.07, 6.45) is -2.51. The zero-order valence-electron chi connectivity index (χ0n) is 12.4. The molecule has 0 bridgehead atoms. The van der Waals surface area contributed by atoms with Crippen LogP contribution in [0.2, 0.25) is 0 Å². The van der Waals surface area contributed by atoms with E-state index >= 15 is 0 Å². The van der Waals surface area contributed by atoms with Gasteiger partial charge in [0.2, 0.25) is 11.6 Å². The van der Waals surface area contributed by atoms with E-state index in [0.717, 1.165) is 5.82 Å². The summed E-state index contributed by atoms with van der Waals surface area (Å²) in [6.45, 7) is 3.08. The maximum atomic E-state index is 12.3. The minimum absolute atomic E-state index is 0.227. The molecule has 23 heavy (non-hydrogen) atoms. The highest BCUT2D eigenvalue weighted by Crippen LogP contribution is 2.23. The smallest absolute Gasteiger partial charge is 0.350 e. The van der Waals surface area contributed by atoms with Crippen LogP contribution in [-0.2, 0) is 4.79 Å². The molecule has 0 atom stereocenters. The van der Waals surface area contributed by atoms with Gasteiger partial charge in [-0.25, -0.2) is 4.98 Å². The van der Waals surface area contributed by atoms with Gasteiger partial charge in [0.05, 0.1) is 0 Å². The van der Waals surface area contributed by atoms with E-state index in [1.165, 1.54) is 4.90 Å². The third-order valence-corrected chi connectivity index (χ3v) is 3.76. The fourth-order valence-corrected chi connectivity index (χ4v) is 2.60. The Kier molecular flexibility index (Phi) is 3.82. The number of piperazine rings is 1. The summed E-state index contributed by atoms with van der Waals surface area (Å²) in [5.41, 5.74) is 0.597. The van der Waals surface area contributed by atoms with Gasteiger partial charge in [-0.3, -0.25) is 9.20 Å². The molecule has 0 radical (unpaired) electrons. The molecule has 1 aliphatic heterocycles. The summed E-state index contributed by atoms with van der Waals surface area (Å²) in [5.74, 6) is 0.459. The first-order valence-electron chi connectivity index (χ1n) is 7.11. The van der Waals surface area contributed by atoms with Gasteiger partial charge in [-0.05, 0) is 6.92 Å². The Balaban J connectivity index is 1.70. The molecule has 124 valence electrons. The number of nitrogens with zero attached hydrogens (tertiary/aromatic N) is 6. The Morgan fingerprint density at radius 2 is 1.91 bits per heavy atom. The molecule has 1 amide bonds. The van der Waals surface area contributed by atoms with Crippen LogP contribution in [0.25, 0.3) is 5.65 Å². The molecule has 2 aromatic rings. The Bertz CT molecular complexity index is 720. The van der Waals surface area contributed by atoms with Crippen molar-refractivity contribution in [1.29, 1.82) is 0 Å². The van der Waals surface area contributed by atoms with Gasteiger partial charge in [-0.1, -0.05) is 0 Å². The van der Waals surface area contributed by atoms with E-state index in [9.17, 15) is 18.0 Å². The number of alkyl halides is 3. The zero-order valence-corrected chi connectivity index (χ0v) is 12.4. The van der Waals surface area contributed by atoms with Gasteiger partial charge in [0.1, 0.15) is 12.2 Å². The van der Waals surface area contributed by atoms with E-state index in [1.54, 1.807) is 16.8 Å². The third kappa shape index (κ3) is 3.20. The van der Waals surface area contributed by atoms with E-state index in [4.69, 9.17) is 0 Å². The molecule has 0 N–H and O–H groups in total. The van der Waals surface area contributed by atoms with Crippen LogP contribution in [0, 0.1) is 6.92 Å². The Labute approximate surface area is 129 Å². The maximum absolute atomic E-state index is 12.3. The van der Waals surface area contributed by atoms with Crippen molar-refractivity contribution in [3.8, 4) is 0 Å². The average Bonchev–Trinajstić information content (AvgIpc) is 2.87. The SMILES string of the molecule is Cc1nnc2c(N3CCN(C(=O)CC(F)(F)F)CC3)nccn12. The average molecular weight is 328 g/mol. The van der Waals surface area contributed by atoms with Gasteiger partial charge >= 0.3 is 6.18 Å². The number of aromatic nitrogens is 4. The van der Waals surface area contributed by atoms with Crippen LogP contribution < -0.4 is 4.90 Å². The number of aryl methyl sites for hydroxylation is 1. The second-order valence-electron chi connectivity index (χ2n) is 5.35. The topological polar surface area (TPSA) is 66.6 Å². The van der Waals surface area contributed by atoms with Crippen molar-refractivity contribution in [2.75, 3.05) is 31.1 Å². The molecule has 2 aromatic heterocycles. The second-order valence-corrected chi connectivity index (χ2v) is 5.35. The highest BCUT2D eigenvalue weighted by atomic mass is 19.4. The summed E-state index contributed by atoms with van der Waals surface area (Å²) in [6, 6.07) is 0. The molecular formula is C13H15F3N6O. The molecule has 3 rings (SSSR count). The van der Waals surface area contributed by atoms with Gasteiger partial charge in [-0.2, -0.15) is 13.2 Å². The predicted molar refractivity (Wildman–Crippen MR) is 75.0 cm³/mol. The van der Waals surface area contributed by atoms with Crippen molar-refractivity contribution < 1.29 is 18.0 Å². The summed E-state index contributed by atoms with van der Waals surface area (Å²) < 4.78 is 38.7. The van der Waals surface area contributed by atoms with E-state index in [1.807, 2.05) is 11.8 Å². The summed E-state index contributed by atoms with van der Waals surface area (Å²) >= 11 is 0. The predicted octanol–water partition coefficient (Wildman–Crippen LogP) is 1.03. The van der Waals surface area contributed by atoms with Crippen LogP contribution in [0.15, 0.2) is 12.4 Å². The summed E-state index contributed by atoms with van der Waals surface area (Å²) in [5, 5.41) is 8.07. The van der Waals surface area contributed by atoms with E-state index < -0.39 is 18.5 Å². The molecule has 1 fully saturated rings. The lowest BCUT2D eigenvalue weighted by molar-refractivity contribution is -0.161. The standard InChI is InChI=1S/C13H15F3N6O/c1-9-18-19-12-11(17-2-3-22(9)12)21-6-4-20(5-7-21)10(23)8-13(14,15)16/h2-3H,4-8H2,1H3. The van der Waals surface area contributed by atoms with Crippen molar-refractivity contribution >= 4 is 17.4 Å². The number of rotatable bonds is 2. The molecule has 1 saturated heterocycles. The van der Waals surface area contributed by atoms with Gasteiger partial charge in [0.25, 0.3) is 0 Å². The molecule has 0 aliphatic carbocycles. The highest BCUT2D eigenvalue weighted by Gasteiger charge is 2.34. The van der Waals surface area contributed by atoms with Crippen LogP contribution in [0.1, 0.15) is 12.2 Å². The van der Waals surface area contributed by atoms with E-state index in [0.29, 0.717) is 24.6 Å². The lowest BCUT2D eigenvalue weighted by atomic mass is 10.2. The Hall–Kier alpha value is -2.39. The lowest BCUT2D eigenvalue weighted by Gasteiger charge is -2.35. The maximum Gasteiger partial charge on any atom is 0.397 e. The first-order valence-corrected chi connectivity index (χ1v) is 7.11. The number of anilines is 1. The fraction of sp³-hybridized carbons (Fsp3) is 0.538. The van der Waals surface area contributed by atoms with Crippen LogP contribution in [0.4, 0.5) is 19.0 Å². The Morgan fingerprint density at radius 1 is 1.22 bits per heavy atom. The second kappa shape index (κ2) is 5.67.